The predicted octanol–water partition coefficient (Wildman–Crippen LogP) is 0.412. The first-order chi connectivity index (χ1) is 11.8. The summed E-state index contributed by atoms with van der Waals surface area (Å²) in [6.07, 6.45) is 0. The van der Waals surface area contributed by atoms with Gasteiger partial charge in [0.1, 0.15) is 5.82 Å². The van der Waals surface area contributed by atoms with E-state index in [0.29, 0.717) is 0 Å². The number of carbonyl (C=O) groups is 2. The van der Waals surface area contributed by atoms with Gasteiger partial charge < -0.3 is 8.92 Å². The van der Waals surface area contributed by atoms with Crippen LogP contribution < -0.4 is 14.8 Å². The number of rotatable bonds is 5. The summed E-state index contributed by atoms with van der Waals surface area (Å²) in [7, 11) is -3.38. The Bertz CT molecular complexity index is 887. The van der Waals surface area contributed by atoms with E-state index in [1.165, 1.54) is 43.0 Å². The minimum atomic E-state index is -4.69. The van der Waals surface area contributed by atoms with E-state index in [-0.39, 0.29) is 23.3 Å². The van der Waals surface area contributed by atoms with Crippen molar-refractivity contribution in [2.24, 2.45) is 0 Å². The summed E-state index contributed by atoms with van der Waals surface area (Å²) in [4.78, 5) is 34.7. The minimum absolute atomic E-state index is 0.00566. The van der Waals surface area contributed by atoms with Crippen molar-refractivity contribution < 1.29 is 26.9 Å². The fourth-order valence-electron chi connectivity index (χ4n) is 1.59. The minimum Gasteiger partial charge on any atom is -0.467 e. The van der Waals surface area contributed by atoms with Crippen molar-refractivity contribution in [3.63, 3.8) is 0 Å². The number of carbonyl (C=O) groups excluding carboxylic acids is 2. The third-order valence-corrected chi connectivity index (χ3v) is 3.35. The van der Waals surface area contributed by atoms with E-state index >= 15 is 0 Å². The van der Waals surface area contributed by atoms with Gasteiger partial charge in [-0.15, -0.1) is 0 Å². The van der Waals surface area contributed by atoms with E-state index in [9.17, 15) is 18.0 Å². The van der Waals surface area contributed by atoms with Crippen LogP contribution >= 0.6 is 0 Å². The molecule has 1 heterocycles. The van der Waals surface area contributed by atoms with Gasteiger partial charge in [0.25, 0.3) is 0 Å². The lowest BCUT2D eigenvalue weighted by molar-refractivity contribution is 0.0745. The first-order valence-corrected chi connectivity index (χ1v) is 8.09. The van der Waals surface area contributed by atoms with Crippen LogP contribution in [0.25, 0.3) is 0 Å². The zero-order chi connectivity index (χ0) is 18.4. The molecule has 12 heteroatoms. The molecule has 1 aromatic heterocycles. The van der Waals surface area contributed by atoms with Gasteiger partial charge >= 0.3 is 28.3 Å². The predicted molar refractivity (Wildman–Crippen MR) is 84.0 cm³/mol. The van der Waals surface area contributed by atoms with Gasteiger partial charge in [-0.1, -0.05) is 18.2 Å². The summed E-state index contributed by atoms with van der Waals surface area (Å²) in [6, 6.07) is 6.12. The summed E-state index contributed by atoms with van der Waals surface area (Å²) >= 11 is 0. The maximum absolute atomic E-state index is 11.7. The number of ether oxygens (including phenoxy) is 1. The molecule has 11 nitrogen and oxygen atoms in total. The van der Waals surface area contributed by atoms with E-state index < -0.39 is 22.3 Å². The van der Waals surface area contributed by atoms with Crippen LogP contribution in [0.5, 0.6) is 6.01 Å². The van der Waals surface area contributed by atoms with Gasteiger partial charge in [-0.2, -0.15) is 23.4 Å². The molecular formula is C13H13N5O6S. The van der Waals surface area contributed by atoms with Crippen molar-refractivity contribution in [2.45, 2.75) is 6.92 Å². The summed E-state index contributed by atoms with van der Waals surface area (Å²) in [5.74, 6) is -1.15. The number of aryl methyl sites for hydroxylation is 1. The van der Waals surface area contributed by atoms with E-state index in [0.717, 1.165) is 0 Å². The number of nitrogens with one attached hydrogen (secondary N) is 2. The number of benzene rings is 1. The molecular weight excluding hydrogens is 354 g/mol. The van der Waals surface area contributed by atoms with E-state index in [1.54, 1.807) is 6.07 Å². The number of hydrogen-bond donors (Lipinski definition) is 2. The summed E-state index contributed by atoms with van der Waals surface area (Å²) < 4.78 is 34.0. The smallest absolute Gasteiger partial charge is 0.413 e. The number of nitrogens with zero attached hydrogens (tertiary/aromatic N) is 3. The Kier molecular flexibility index (Phi) is 5.44. The lowest BCUT2D eigenvalue weighted by atomic mass is 10.2. The fraction of sp³-hybridized carbons (Fsp3) is 0.154. The van der Waals surface area contributed by atoms with E-state index in [1.807, 2.05) is 0 Å². The van der Waals surface area contributed by atoms with Crippen molar-refractivity contribution in [3.05, 3.63) is 41.7 Å². The van der Waals surface area contributed by atoms with Gasteiger partial charge in [0.05, 0.1) is 12.7 Å². The lowest BCUT2D eigenvalue weighted by Gasteiger charge is -2.08. The Balaban J connectivity index is 2.01. The molecule has 2 rings (SSSR count). The Morgan fingerprint density at radius 2 is 1.76 bits per heavy atom. The first kappa shape index (κ1) is 18.1. The second-order valence-electron chi connectivity index (χ2n) is 4.44. The molecule has 0 bridgehead atoms. The highest BCUT2D eigenvalue weighted by Crippen LogP contribution is 2.07. The fourth-order valence-corrected chi connectivity index (χ4v) is 2.20. The Morgan fingerprint density at radius 3 is 2.40 bits per heavy atom. The number of hydrogen-bond acceptors (Lipinski definition) is 9. The average molecular weight is 367 g/mol. The normalized spacial score (nSPS) is 10.6. The molecule has 0 radical (unpaired) electrons. The molecule has 132 valence electrons. The van der Waals surface area contributed by atoms with Crippen molar-refractivity contribution in [2.75, 3.05) is 12.4 Å². The van der Waals surface area contributed by atoms with Crippen LogP contribution in [0.15, 0.2) is 30.3 Å². The molecule has 2 N–H and O–H groups in total. The molecule has 2 amide bonds. The topological polar surface area (TPSA) is 149 Å². The number of aromatic nitrogens is 3. The van der Waals surface area contributed by atoms with Gasteiger partial charge in [-0.05, 0) is 19.1 Å². The van der Waals surface area contributed by atoms with E-state index in [4.69, 9.17) is 4.74 Å². The van der Waals surface area contributed by atoms with Crippen LogP contribution in [-0.4, -0.2) is 42.5 Å². The van der Waals surface area contributed by atoms with Crippen LogP contribution in [-0.2, 0) is 14.5 Å². The molecule has 0 atom stereocenters. The van der Waals surface area contributed by atoms with Gasteiger partial charge in [0, 0.05) is 0 Å². The zero-order valence-corrected chi connectivity index (χ0v) is 13.9. The van der Waals surface area contributed by atoms with Crippen LogP contribution in [0.1, 0.15) is 16.2 Å². The number of anilines is 1. The molecule has 0 unspecified atom stereocenters. The van der Waals surface area contributed by atoms with Gasteiger partial charge in [-0.3, -0.25) is 5.32 Å². The van der Waals surface area contributed by atoms with Crippen molar-refractivity contribution in [1.82, 2.24) is 19.7 Å². The third-order valence-electron chi connectivity index (χ3n) is 2.55. The molecule has 0 saturated heterocycles. The summed E-state index contributed by atoms with van der Waals surface area (Å²) in [5, 5.41) is 2.06. The van der Waals surface area contributed by atoms with Crippen LogP contribution in [0, 0.1) is 6.92 Å². The van der Waals surface area contributed by atoms with Crippen molar-refractivity contribution in [3.8, 4) is 6.01 Å². The van der Waals surface area contributed by atoms with Gasteiger partial charge in [-0.25, -0.2) is 14.3 Å². The lowest BCUT2D eigenvalue weighted by Crippen LogP contribution is -2.37. The molecule has 0 aliphatic rings. The Morgan fingerprint density at radius 1 is 1.08 bits per heavy atom. The molecule has 0 aliphatic carbocycles. The molecule has 0 aliphatic heterocycles. The zero-order valence-electron chi connectivity index (χ0n) is 13.1. The van der Waals surface area contributed by atoms with Gasteiger partial charge in [0.2, 0.25) is 5.95 Å². The van der Waals surface area contributed by atoms with Crippen molar-refractivity contribution in [1.29, 1.82) is 0 Å². The maximum atomic E-state index is 11.7. The first-order valence-electron chi connectivity index (χ1n) is 6.68. The second kappa shape index (κ2) is 7.53. The van der Waals surface area contributed by atoms with Crippen LogP contribution in [0.4, 0.5) is 10.7 Å². The summed E-state index contributed by atoms with van der Waals surface area (Å²) in [5.41, 5.74) is 0.00566. The quantitative estimate of drug-likeness (QED) is 0.766. The average Bonchev–Trinajstić information content (AvgIpc) is 2.53. The molecule has 0 spiro atoms. The van der Waals surface area contributed by atoms with Crippen LogP contribution in [0.3, 0.4) is 0 Å². The second-order valence-corrected chi connectivity index (χ2v) is 5.72. The SMILES string of the molecule is COc1nc(C)nc(NC(=O)NS(=O)(=O)OC(=O)c2ccccc2)n1. The monoisotopic (exact) mass is 367 g/mol. The van der Waals surface area contributed by atoms with Gasteiger partial charge in [0.15, 0.2) is 0 Å². The highest BCUT2D eigenvalue weighted by Gasteiger charge is 2.22. The largest absolute Gasteiger partial charge is 0.467 e. The molecule has 25 heavy (non-hydrogen) atoms. The highest BCUT2D eigenvalue weighted by molar-refractivity contribution is 7.85. The Hall–Kier alpha value is -3.28. The van der Waals surface area contributed by atoms with Crippen molar-refractivity contribution >= 4 is 28.3 Å². The highest BCUT2D eigenvalue weighted by atomic mass is 32.2. The van der Waals surface area contributed by atoms with E-state index in [2.05, 4.69) is 24.5 Å². The summed E-state index contributed by atoms with van der Waals surface area (Å²) in [6.45, 7) is 1.52. The number of urea groups is 1. The third kappa shape index (κ3) is 5.39. The maximum Gasteiger partial charge on any atom is 0.413 e. The Labute approximate surface area is 142 Å². The molecule has 2 aromatic rings. The molecule has 1 aromatic carbocycles. The standard InChI is InChI=1S/C13H13N5O6S/c1-8-14-11(17-13(15-8)23-2)16-12(20)18-25(21,22)24-10(19)9-6-4-3-5-7-9/h3-7H,1-2H3,(H2,14,15,16,17,18,20). The molecule has 0 fully saturated rings. The molecule has 0 saturated carbocycles. The van der Waals surface area contributed by atoms with Crippen LogP contribution in [0.2, 0.25) is 0 Å². The number of amides is 2. The number of methoxy groups -OCH3 is 1.